The van der Waals surface area contributed by atoms with Gasteiger partial charge >= 0.3 is 0 Å². The molecule has 3 rings (SSSR count). The first-order valence-corrected chi connectivity index (χ1v) is 6.13. The van der Waals surface area contributed by atoms with Gasteiger partial charge in [0.05, 0.1) is 15.7 Å². The average molecular weight is 224 g/mol. The van der Waals surface area contributed by atoms with Crippen LogP contribution in [-0.4, -0.2) is 4.98 Å². The monoisotopic (exact) mass is 223 g/mol. The number of halogens is 1. The summed E-state index contributed by atoms with van der Waals surface area (Å²) < 4.78 is 1.26. The van der Waals surface area contributed by atoms with Crippen LogP contribution in [0.1, 0.15) is 30.7 Å². The lowest BCUT2D eigenvalue weighted by molar-refractivity contribution is 0.422. The number of thiazole rings is 1. The molecule has 0 bridgehead atoms. The summed E-state index contributed by atoms with van der Waals surface area (Å²) in [5, 5.41) is 0.896. The number of aromatic nitrogens is 1. The fraction of sp³-hybridized carbons (Fsp3) is 0.364. The van der Waals surface area contributed by atoms with Crippen molar-refractivity contribution in [3.8, 4) is 0 Å². The second kappa shape index (κ2) is 3.21. The molecule has 0 aliphatic heterocycles. The van der Waals surface area contributed by atoms with E-state index in [1.807, 2.05) is 11.6 Å². The van der Waals surface area contributed by atoms with Gasteiger partial charge in [0, 0.05) is 10.6 Å². The Bertz CT molecular complexity index is 473. The molecule has 0 unspecified atom stereocenters. The fourth-order valence-corrected chi connectivity index (χ4v) is 3.01. The zero-order valence-corrected chi connectivity index (χ0v) is 9.24. The Morgan fingerprint density at radius 1 is 1.36 bits per heavy atom. The van der Waals surface area contributed by atoms with Crippen molar-refractivity contribution < 1.29 is 0 Å². The van der Waals surface area contributed by atoms with E-state index in [2.05, 4.69) is 11.1 Å². The van der Waals surface area contributed by atoms with Crippen molar-refractivity contribution in [3.05, 3.63) is 28.2 Å². The highest BCUT2D eigenvalue weighted by molar-refractivity contribution is 7.16. The largest absolute Gasteiger partial charge is 0.244 e. The van der Waals surface area contributed by atoms with Gasteiger partial charge in [-0.3, -0.25) is 0 Å². The number of hydrogen-bond acceptors (Lipinski definition) is 2. The van der Waals surface area contributed by atoms with Crippen LogP contribution in [0.15, 0.2) is 17.6 Å². The lowest BCUT2D eigenvalue weighted by atomic mass is 9.79. The molecule has 0 radical (unpaired) electrons. The fourth-order valence-electron chi connectivity index (χ4n) is 2.01. The van der Waals surface area contributed by atoms with Gasteiger partial charge in [-0.2, -0.15) is 0 Å². The van der Waals surface area contributed by atoms with Crippen LogP contribution in [0.4, 0.5) is 0 Å². The molecule has 72 valence electrons. The van der Waals surface area contributed by atoms with Gasteiger partial charge in [-0.05, 0) is 30.9 Å². The molecule has 1 heterocycles. The Morgan fingerprint density at radius 3 is 2.93 bits per heavy atom. The first-order valence-electron chi connectivity index (χ1n) is 4.88. The smallest absolute Gasteiger partial charge is 0.0861 e. The highest BCUT2D eigenvalue weighted by atomic mass is 35.5. The molecule has 1 aromatic carbocycles. The second-order valence-corrected chi connectivity index (χ2v) is 5.08. The van der Waals surface area contributed by atoms with Crippen LogP contribution in [0.3, 0.4) is 0 Å². The predicted molar refractivity (Wildman–Crippen MR) is 61.2 cm³/mol. The van der Waals surface area contributed by atoms with E-state index in [4.69, 9.17) is 11.6 Å². The van der Waals surface area contributed by atoms with Crippen LogP contribution in [0.25, 0.3) is 10.2 Å². The maximum Gasteiger partial charge on any atom is 0.0861 e. The molecule has 3 heteroatoms. The van der Waals surface area contributed by atoms with Crippen LogP contribution in [0.5, 0.6) is 0 Å². The van der Waals surface area contributed by atoms with Gasteiger partial charge < -0.3 is 0 Å². The lowest BCUT2D eigenvalue weighted by Gasteiger charge is -2.26. The van der Waals surface area contributed by atoms with Gasteiger partial charge in [0.15, 0.2) is 0 Å². The zero-order valence-electron chi connectivity index (χ0n) is 7.66. The third-order valence-electron chi connectivity index (χ3n) is 3.00. The van der Waals surface area contributed by atoms with Gasteiger partial charge in [0.1, 0.15) is 0 Å². The van der Waals surface area contributed by atoms with Crippen molar-refractivity contribution in [2.24, 2.45) is 0 Å². The molecule has 1 saturated carbocycles. The van der Waals surface area contributed by atoms with Gasteiger partial charge in [-0.1, -0.05) is 18.0 Å². The topological polar surface area (TPSA) is 12.9 Å². The molecule has 1 nitrogen and oxygen atoms in total. The minimum absolute atomic E-state index is 0.660. The van der Waals surface area contributed by atoms with E-state index in [0.717, 1.165) is 10.5 Å². The highest BCUT2D eigenvalue weighted by Crippen LogP contribution is 2.43. The molecule has 1 aliphatic rings. The summed E-state index contributed by atoms with van der Waals surface area (Å²) in [5.41, 5.74) is 4.33. The van der Waals surface area contributed by atoms with E-state index in [-0.39, 0.29) is 0 Å². The van der Waals surface area contributed by atoms with Crippen LogP contribution < -0.4 is 0 Å². The molecular formula is C11H10ClNS. The van der Waals surface area contributed by atoms with Crippen LogP contribution in [0, 0.1) is 0 Å². The van der Waals surface area contributed by atoms with Crippen molar-refractivity contribution >= 4 is 33.2 Å². The van der Waals surface area contributed by atoms with E-state index in [0.29, 0.717) is 5.92 Å². The maximum atomic E-state index is 6.23. The van der Waals surface area contributed by atoms with Crippen molar-refractivity contribution in [2.45, 2.75) is 25.2 Å². The predicted octanol–water partition coefficient (Wildman–Crippen LogP) is 4.22. The SMILES string of the molecule is Clc1ccc2scnc2c1C1CCC1. The lowest BCUT2D eigenvalue weighted by Crippen LogP contribution is -2.09. The Labute approximate surface area is 91.7 Å². The first kappa shape index (κ1) is 8.69. The molecule has 14 heavy (non-hydrogen) atoms. The van der Waals surface area contributed by atoms with Gasteiger partial charge in [-0.15, -0.1) is 11.3 Å². The zero-order chi connectivity index (χ0) is 9.54. The molecule has 1 fully saturated rings. The Morgan fingerprint density at radius 2 is 2.21 bits per heavy atom. The minimum Gasteiger partial charge on any atom is -0.244 e. The second-order valence-electron chi connectivity index (χ2n) is 3.79. The summed E-state index contributed by atoms with van der Waals surface area (Å²) >= 11 is 7.92. The van der Waals surface area contributed by atoms with E-state index < -0.39 is 0 Å². The van der Waals surface area contributed by atoms with Gasteiger partial charge in [-0.25, -0.2) is 4.98 Å². The van der Waals surface area contributed by atoms with E-state index in [1.54, 1.807) is 11.3 Å². The number of rotatable bonds is 1. The molecule has 2 aromatic rings. The summed E-state index contributed by atoms with van der Waals surface area (Å²) in [4.78, 5) is 4.42. The summed E-state index contributed by atoms with van der Waals surface area (Å²) in [5.74, 6) is 0.660. The number of hydrogen-bond donors (Lipinski definition) is 0. The molecule has 0 amide bonds. The van der Waals surface area contributed by atoms with Crippen molar-refractivity contribution in [1.29, 1.82) is 0 Å². The summed E-state index contributed by atoms with van der Waals surface area (Å²) in [6.07, 6.45) is 3.88. The summed E-state index contributed by atoms with van der Waals surface area (Å²) in [7, 11) is 0. The number of nitrogens with zero attached hydrogens (tertiary/aromatic N) is 1. The molecule has 0 spiro atoms. The summed E-state index contributed by atoms with van der Waals surface area (Å²) in [6, 6.07) is 4.08. The Kier molecular flexibility index (Phi) is 1.99. The third-order valence-corrected chi connectivity index (χ3v) is 4.13. The highest BCUT2D eigenvalue weighted by Gasteiger charge is 2.24. The molecule has 0 atom stereocenters. The number of fused-ring (bicyclic) bond motifs is 1. The van der Waals surface area contributed by atoms with Crippen molar-refractivity contribution in [1.82, 2.24) is 4.98 Å². The minimum atomic E-state index is 0.660. The number of benzene rings is 1. The molecule has 1 aliphatic carbocycles. The van der Waals surface area contributed by atoms with Gasteiger partial charge in [0.25, 0.3) is 0 Å². The molecular weight excluding hydrogens is 214 g/mol. The van der Waals surface area contributed by atoms with E-state index in [9.17, 15) is 0 Å². The Hall–Kier alpha value is -0.600. The molecule has 0 saturated heterocycles. The quantitative estimate of drug-likeness (QED) is 0.706. The van der Waals surface area contributed by atoms with Gasteiger partial charge in [0.2, 0.25) is 0 Å². The summed E-state index contributed by atoms with van der Waals surface area (Å²) in [6.45, 7) is 0. The Balaban J connectivity index is 2.26. The van der Waals surface area contributed by atoms with Crippen LogP contribution in [-0.2, 0) is 0 Å². The van der Waals surface area contributed by atoms with Crippen molar-refractivity contribution in [3.63, 3.8) is 0 Å². The van der Waals surface area contributed by atoms with Crippen LogP contribution in [0.2, 0.25) is 5.02 Å². The maximum absolute atomic E-state index is 6.23. The normalized spacial score (nSPS) is 17.2. The third kappa shape index (κ3) is 1.17. The standard InChI is InChI=1S/C11H10ClNS/c12-8-4-5-9-11(13-6-14-9)10(8)7-2-1-3-7/h4-7H,1-3H2. The van der Waals surface area contributed by atoms with E-state index >= 15 is 0 Å². The average Bonchev–Trinajstić information content (AvgIpc) is 2.54. The first-order chi connectivity index (χ1) is 6.86. The molecule has 1 aromatic heterocycles. The molecule has 0 N–H and O–H groups in total. The van der Waals surface area contributed by atoms with Crippen molar-refractivity contribution in [2.75, 3.05) is 0 Å². The van der Waals surface area contributed by atoms with Crippen LogP contribution >= 0.6 is 22.9 Å². The van der Waals surface area contributed by atoms with E-state index in [1.165, 1.54) is 29.5 Å².